The standard InChI is InChI=1S/C39H51N9O3.2CH2O/c1-26(29-12-14-33(40)15-13-29)45-37(49)28(3)44-25-35(23-34-11-6-7-18-43-34)47-39(51)32-20-31(21-36(22-32)48(5)19-9-16-41-4)38(50)46-27(2)30-10-8-17-42-24-30;2*1-2/h6-8,10-15,17-18,20-22,24,26-28,35,41,44H,9,16,19,23,25,40H2,1-5H3,(H,45,49)(H,46,50)(H,47,51);2*1H2/t26-,27?,28+,35+;;/m1../s1. The van der Waals surface area contributed by atoms with Crippen molar-refractivity contribution < 1.29 is 24.0 Å². The van der Waals surface area contributed by atoms with Gasteiger partial charge >= 0.3 is 0 Å². The SMILES string of the molecule is C=O.C=O.CNCCCN(C)c1cc(C(=O)NC(C)c2cccnc2)cc(C(=O)N[C@H](CN[C@@H](C)C(=O)N[C@H](C)c2ccc(N)cc2)Cc2ccccn2)c1. The summed E-state index contributed by atoms with van der Waals surface area (Å²) < 4.78 is 0. The molecule has 2 aromatic heterocycles. The van der Waals surface area contributed by atoms with E-state index >= 15 is 0 Å². The molecule has 0 bridgehead atoms. The van der Waals surface area contributed by atoms with Crippen LogP contribution in [0.15, 0.2) is 91.4 Å². The van der Waals surface area contributed by atoms with Gasteiger partial charge in [-0.2, -0.15) is 0 Å². The summed E-state index contributed by atoms with van der Waals surface area (Å²) in [5.41, 5.74) is 10.5. The molecule has 0 spiro atoms. The van der Waals surface area contributed by atoms with Gasteiger partial charge in [0.05, 0.1) is 18.1 Å². The summed E-state index contributed by atoms with van der Waals surface area (Å²) in [6.45, 7) is 11.5. The van der Waals surface area contributed by atoms with Gasteiger partial charge in [0, 0.05) is 79.4 Å². The maximum atomic E-state index is 14.0. The first kappa shape index (κ1) is 45.2. The van der Waals surface area contributed by atoms with Crippen LogP contribution in [0.25, 0.3) is 0 Å². The van der Waals surface area contributed by atoms with Crippen molar-refractivity contribution in [2.24, 2.45) is 0 Å². The van der Waals surface area contributed by atoms with Crippen LogP contribution in [0.2, 0.25) is 0 Å². The smallest absolute Gasteiger partial charge is 0.251 e. The summed E-state index contributed by atoms with van der Waals surface area (Å²) in [5, 5.41) is 15.7. The first-order chi connectivity index (χ1) is 26.5. The fourth-order valence-corrected chi connectivity index (χ4v) is 5.54. The summed E-state index contributed by atoms with van der Waals surface area (Å²) in [6, 6.07) is 20.5. The average Bonchev–Trinajstić information content (AvgIpc) is 3.22. The van der Waals surface area contributed by atoms with Crippen LogP contribution in [-0.4, -0.2) is 87.1 Å². The minimum Gasteiger partial charge on any atom is -0.399 e. The molecule has 0 radical (unpaired) electrons. The summed E-state index contributed by atoms with van der Waals surface area (Å²) in [6.07, 6.45) is 6.42. The highest BCUT2D eigenvalue weighted by Crippen LogP contribution is 2.21. The van der Waals surface area contributed by atoms with Crippen molar-refractivity contribution in [2.75, 3.05) is 44.4 Å². The minimum absolute atomic E-state index is 0.174. The molecule has 2 heterocycles. The van der Waals surface area contributed by atoms with Gasteiger partial charge < -0.3 is 46.8 Å². The highest BCUT2D eigenvalue weighted by atomic mass is 16.2. The molecule has 4 aromatic rings. The Labute approximate surface area is 324 Å². The van der Waals surface area contributed by atoms with E-state index in [1.807, 2.05) is 88.9 Å². The number of amides is 3. The molecule has 0 aliphatic heterocycles. The molecule has 0 aliphatic carbocycles. The van der Waals surface area contributed by atoms with Crippen LogP contribution in [0.5, 0.6) is 0 Å². The first-order valence-electron chi connectivity index (χ1n) is 17.9. The van der Waals surface area contributed by atoms with E-state index in [-0.39, 0.29) is 29.8 Å². The number of rotatable bonds is 18. The van der Waals surface area contributed by atoms with Crippen molar-refractivity contribution in [3.8, 4) is 0 Å². The maximum absolute atomic E-state index is 14.0. The number of aromatic nitrogens is 2. The van der Waals surface area contributed by atoms with E-state index in [9.17, 15) is 14.4 Å². The molecule has 0 fully saturated rings. The predicted octanol–water partition coefficient (Wildman–Crippen LogP) is 3.42. The molecule has 0 aliphatic rings. The Morgan fingerprint density at radius 1 is 0.800 bits per heavy atom. The summed E-state index contributed by atoms with van der Waals surface area (Å²) in [5.74, 6) is -0.815. The van der Waals surface area contributed by atoms with Crippen molar-refractivity contribution in [3.63, 3.8) is 0 Å². The van der Waals surface area contributed by atoms with Gasteiger partial charge in [0.1, 0.15) is 13.6 Å². The Kier molecular flexibility index (Phi) is 20.0. The summed E-state index contributed by atoms with van der Waals surface area (Å²) >= 11 is 0. The normalized spacial score (nSPS) is 12.5. The molecule has 14 nitrogen and oxygen atoms in total. The third-order valence-electron chi connectivity index (χ3n) is 8.71. The van der Waals surface area contributed by atoms with Gasteiger partial charge in [0.25, 0.3) is 11.8 Å². The number of hydrogen-bond donors (Lipinski definition) is 6. The zero-order valence-electron chi connectivity index (χ0n) is 32.4. The van der Waals surface area contributed by atoms with Crippen LogP contribution in [0.1, 0.15) is 76.8 Å². The number of anilines is 2. The molecule has 2 aromatic carbocycles. The molecule has 3 amide bonds. The average molecular weight is 754 g/mol. The Bertz CT molecular complexity index is 1740. The van der Waals surface area contributed by atoms with Gasteiger partial charge in [-0.3, -0.25) is 24.4 Å². The summed E-state index contributed by atoms with van der Waals surface area (Å²) in [7, 11) is 3.85. The van der Waals surface area contributed by atoms with Crippen molar-refractivity contribution in [2.45, 2.75) is 57.8 Å². The van der Waals surface area contributed by atoms with Gasteiger partial charge in [-0.1, -0.05) is 24.3 Å². The zero-order valence-corrected chi connectivity index (χ0v) is 32.4. The van der Waals surface area contributed by atoms with Gasteiger partial charge in [0.15, 0.2) is 0 Å². The predicted molar refractivity (Wildman–Crippen MR) is 217 cm³/mol. The zero-order chi connectivity index (χ0) is 40.8. The number of pyridine rings is 2. The molecule has 1 unspecified atom stereocenters. The van der Waals surface area contributed by atoms with E-state index in [1.54, 1.807) is 55.8 Å². The fraction of sp³-hybridized carbons (Fsp3) is 0.341. The van der Waals surface area contributed by atoms with Crippen LogP contribution >= 0.6 is 0 Å². The number of benzene rings is 2. The lowest BCUT2D eigenvalue weighted by atomic mass is 10.0. The van der Waals surface area contributed by atoms with Gasteiger partial charge in [-0.15, -0.1) is 0 Å². The number of carbonyl (C=O) groups excluding carboxylic acids is 5. The van der Waals surface area contributed by atoms with Crippen LogP contribution in [0, 0.1) is 0 Å². The fourth-order valence-electron chi connectivity index (χ4n) is 5.54. The maximum Gasteiger partial charge on any atom is 0.251 e. The van der Waals surface area contributed by atoms with Crippen LogP contribution < -0.4 is 37.2 Å². The molecule has 4 atom stereocenters. The Hall–Kier alpha value is -5.99. The second kappa shape index (κ2) is 24.3. The van der Waals surface area contributed by atoms with Crippen LogP contribution in [0.4, 0.5) is 11.4 Å². The molecular weight excluding hydrogens is 699 g/mol. The molecule has 0 saturated carbocycles. The Balaban J connectivity index is 0.00000253. The second-order valence-electron chi connectivity index (χ2n) is 12.9. The Morgan fingerprint density at radius 2 is 1.45 bits per heavy atom. The minimum atomic E-state index is -0.545. The molecule has 7 N–H and O–H groups in total. The third-order valence-corrected chi connectivity index (χ3v) is 8.71. The van der Waals surface area contributed by atoms with E-state index in [4.69, 9.17) is 15.3 Å². The lowest BCUT2D eigenvalue weighted by Gasteiger charge is -2.24. The molecule has 14 heteroatoms. The molecule has 55 heavy (non-hydrogen) atoms. The molecular formula is C41H55N9O5. The van der Waals surface area contributed by atoms with E-state index in [0.717, 1.165) is 42.0 Å². The van der Waals surface area contributed by atoms with E-state index in [1.165, 1.54) is 0 Å². The number of nitrogens with zero attached hydrogens (tertiary/aromatic N) is 3. The van der Waals surface area contributed by atoms with Gasteiger partial charge in [-0.05, 0) is 100 Å². The number of nitrogen functional groups attached to an aromatic ring is 1. The highest BCUT2D eigenvalue weighted by molar-refractivity contribution is 6.01. The third kappa shape index (κ3) is 15.1. The molecule has 0 saturated heterocycles. The van der Waals surface area contributed by atoms with E-state index < -0.39 is 12.1 Å². The first-order valence-corrected chi connectivity index (χ1v) is 17.9. The van der Waals surface area contributed by atoms with Gasteiger partial charge in [-0.25, -0.2) is 0 Å². The lowest BCUT2D eigenvalue weighted by Crippen LogP contribution is -2.50. The van der Waals surface area contributed by atoms with Crippen molar-refractivity contribution >= 4 is 42.7 Å². The number of carbonyl (C=O) groups is 5. The monoisotopic (exact) mass is 753 g/mol. The molecule has 4 rings (SSSR count). The number of nitrogens with two attached hydrogens (primary N) is 1. The highest BCUT2D eigenvalue weighted by Gasteiger charge is 2.22. The van der Waals surface area contributed by atoms with Crippen molar-refractivity contribution in [1.82, 2.24) is 36.6 Å². The largest absolute Gasteiger partial charge is 0.399 e. The van der Waals surface area contributed by atoms with E-state index in [0.29, 0.717) is 29.8 Å². The van der Waals surface area contributed by atoms with Crippen molar-refractivity contribution in [1.29, 1.82) is 0 Å². The Morgan fingerprint density at radius 3 is 2.05 bits per heavy atom. The second-order valence-corrected chi connectivity index (χ2v) is 12.9. The summed E-state index contributed by atoms with van der Waals surface area (Å²) in [4.78, 5) is 67.4. The van der Waals surface area contributed by atoms with Crippen molar-refractivity contribution in [3.05, 3.63) is 119 Å². The van der Waals surface area contributed by atoms with E-state index in [2.05, 4.69) is 36.6 Å². The lowest BCUT2D eigenvalue weighted by molar-refractivity contribution is -0.123. The van der Waals surface area contributed by atoms with Crippen LogP contribution in [-0.2, 0) is 20.8 Å². The van der Waals surface area contributed by atoms with Crippen LogP contribution in [0.3, 0.4) is 0 Å². The van der Waals surface area contributed by atoms with Gasteiger partial charge in [0.2, 0.25) is 5.91 Å². The quantitative estimate of drug-likeness (QED) is 0.0643. The molecule has 294 valence electrons. The number of hydrogen-bond acceptors (Lipinski definition) is 11. The topological polar surface area (TPSA) is 201 Å². The number of nitrogens with one attached hydrogen (secondary N) is 5.